The lowest BCUT2D eigenvalue weighted by atomic mass is 9.88. The van der Waals surface area contributed by atoms with Gasteiger partial charge in [-0.05, 0) is 84.0 Å². The van der Waals surface area contributed by atoms with Gasteiger partial charge in [0.2, 0.25) is 0 Å². The van der Waals surface area contributed by atoms with Gasteiger partial charge in [0.15, 0.2) is 0 Å². The van der Waals surface area contributed by atoms with Gasteiger partial charge in [-0.1, -0.05) is 32.1 Å². The van der Waals surface area contributed by atoms with Crippen LogP contribution in [-0.4, -0.2) is 25.4 Å². The summed E-state index contributed by atoms with van der Waals surface area (Å²) in [6.07, 6.45) is 3.35. The maximum absolute atomic E-state index is 13.6. The molecule has 1 unspecified atom stereocenters. The maximum atomic E-state index is 13.6. The Labute approximate surface area is 216 Å². The molecule has 190 valence electrons. The number of hydrogen-bond acceptors (Lipinski definition) is 3. The van der Waals surface area contributed by atoms with Crippen molar-refractivity contribution >= 4 is 22.8 Å². The molecule has 37 heavy (non-hydrogen) atoms. The number of halogens is 1. The van der Waals surface area contributed by atoms with Gasteiger partial charge in [0.25, 0.3) is 11.8 Å². The second kappa shape index (κ2) is 11.2. The molecular weight excluding hydrogens is 467 g/mol. The summed E-state index contributed by atoms with van der Waals surface area (Å²) >= 11 is 0. The lowest BCUT2D eigenvalue weighted by Gasteiger charge is -2.16. The fourth-order valence-electron chi connectivity index (χ4n) is 4.41. The smallest absolute Gasteiger partial charge is 0.255 e. The molecule has 0 fully saturated rings. The molecule has 0 radical (unpaired) electrons. The summed E-state index contributed by atoms with van der Waals surface area (Å²) in [6, 6.07) is 17.3. The van der Waals surface area contributed by atoms with E-state index < -0.39 is 0 Å². The average Bonchev–Trinajstić information content (AvgIpc) is 3.30. The minimum atomic E-state index is -0.365. The number of benzene rings is 3. The van der Waals surface area contributed by atoms with E-state index in [1.165, 1.54) is 12.1 Å². The topological polar surface area (TPSA) is 71.3 Å². The van der Waals surface area contributed by atoms with Crippen molar-refractivity contribution < 1.29 is 18.4 Å². The van der Waals surface area contributed by atoms with Crippen molar-refractivity contribution in [1.29, 1.82) is 0 Å². The SMILES string of the molecule is C=CCCNC(=O)c1cccc(-c2cc3c(C(=O)NC)c(-c4ccc(F)cc4)oc3cc2C(C)CC)c1. The van der Waals surface area contributed by atoms with Crippen LogP contribution in [0, 0.1) is 5.82 Å². The molecule has 4 rings (SSSR count). The first-order valence-electron chi connectivity index (χ1n) is 12.5. The molecule has 1 heterocycles. The second-order valence-corrected chi connectivity index (χ2v) is 9.05. The molecule has 1 atom stereocenters. The minimum absolute atomic E-state index is 0.150. The third-order valence-electron chi connectivity index (χ3n) is 6.63. The number of furan rings is 1. The summed E-state index contributed by atoms with van der Waals surface area (Å²) in [6.45, 7) is 8.46. The van der Waals surface area contributed by atoms with Crippen LogP contribution in [-0.2, 0) is 0 Å². The van der Waals surface area contributed by atoms with Crippen LogP contribution in [0.5, 0.6) is 0 Å². The van der Waals surface area contributed by atoms with Crippen LogP contribution in [0.1, 0.15) is 58.9 Å². The van der Waals surface area contributed by atoms with Gasteiger partial charge in [-0.3, -0.25) is 9.59 Å². The van der Waals surface area contributed by atoms with Gasteiger partial charge in [-0.2, -0.15) is 0 Å². The predicted molar refractivity (Wildman–Crippen MR) is 146 cm³/mol. The van der Waals surface area contributed by atoms with E-state index in [2.05, 4.69) is 31.1 Å². The Hall–Kier alpha value is -4.19. The molecule has 0 bridgehead atoms. The normalized spacial score (nSPS) is 11.8. The van der Waals surface area contributed by atoms with Crippen molar-refractivity contribution in [2.45, 2.75) is 32.6 Å². The number of rotatable bonds is 9. The molecule has 0 aliphatic heterocycles. The van der Waals surface area contributed by atoms with E-state index in [1.54, 1.807) is 31.3 Å². The molecule has 6 heteroatoms. The van der Waals surface area contributed by atoms with E-state index in [-0.39, 0.29) is 23.5 Å². The standard InChI is InChI=1S/C31H31FN2O3/c1-5-7-15-34-30(35)22-10-8-9-21(16-22)25-17-26-27(18-24(25)19(3)6-2)37-29(28(26)31(36)33-4)20-11-13-23(32)14-12-20/h5,8-14,16-19H,1,6-7,15H2,2-4H3,(H,33,36)(H,34,35). The Kier molecular flexibility index (Phi) is 7.87. The average molecular weight is 499 g/mol. The fraction of sp³-hybridized carbons (Fsp3) is 0.226. The van der Waals surface area contributed by atoms with Crippen molar-refractivity contribution in [2.75, 3.05) is 13.6 Å². The van der Waals surface area contributed by atoms with Crippen LogP contribution in [0.3, 0.4) is 0 Å². The molecule has 0 aliphatic carbocycles. The van der Waals surface area contributed by atoms with E-state index in [0.717, 1.165) is 23.1 Å². The van der Waals surface area contributed by atoms with Crippen LogP contribution in [0.25, 0.3) is 33.4 Å². The zero-order valence-corrected chi connectivity index (χ0v) is 21.4. The Balaban J connectivity index is 1.92. The van der Waals surface area contributed by atoms with E-state index in [4.69, 9.17) is 4.42 Å². The third kappa shape index (κ3) is 5.33. The largest absolute Gasteiger partial charge is 0.455 e. The minimum Gasteiger partial charge on any atom is -0.455 e. The van der Waals surface area contributed by atoms with Crippen LogP contribution in [0.2, 0.25) is 0 Å². The molecular formula is C31H31FN2O3. The van der Waals surface area contributed by atoms with Crippen molar-refractivity contribution in [3.05, 3.63) is 95.8 Å². The van der Waals surface area contributed by atoms with Gasteiger partial charge in [0, 0.05) is 30.1 Å². The monoisotopic (exact) mass is 498 g/mol. The quantitative estimate of drug-likeness (QED) is 0.191. The second-order valence-electron chi connectivity index (χ2n) is 9.05. The molecule has 2 N–H and O–H groups in total. The number of amides is 2. The number of fused-ring (bicyclic) bond motifs is 1. The Morgan fingerprint density at radius 2 is 1.81 bits per heavy atom. The van der Waals surface area contributed by atoms with Crippen molar-refractivity contribution in [1.82, 2.24) is 10.6 Å². The Morgan fingerprint density at radius 1 is 1.05 bits per heavy atom. The highest BCUT2D eigenvalue weighted by atomic mass is 19.1. The van der Waals surface area contributed by atoms with Gasteiger partial charge in [0.05, 0.1) is 5.56 Å². The predicted octanol–water partition coefficient (Wildman–Crippen LogP) is 7.08. The highest BCUT2D eigenvalue weighted by molar-refractivity contribution is 6.12. The van der Waals surface area contributed by atoms with E-state index in [9.17, 15) is 14.0 Å². The lowest BCUT2D eigenvalue weighted by molar-refractivity contribution is 0.0950. The van der Waals surface area contributed by atoms with Crippen LogP contribution < -0.4 is 10.6 Å². The summed E-state index contributed by atoms with van der Waals surface area (Å²) in [4.78, 5) is 25.8. The molecule has 0 spiro atoms. The number of nitrogens with one attached hydrogen (secondary N) is 2. The highest BCUT2D eigenvalue weighted by Gasteiger charge is 2.24. The molecule has 4 aromatic rings. The van der Waals surface area contributed by atoms with Crippen molar-refractivity contribution in [3.8, 4) is 22.5 Å². The molecule has 0 saturated heterocycles. The molecule has 3 aromatic carbocycles. The molecule has 1 aromatic heterocycles. The van der Waals surface area contributed by atoms with Gasteiger partial charge in [-0.15, -0.1) is 6.58 Å². The first-order valence-corrected chi connectivity index (χ1v) is 12.5. The molecule has 0 saturated carbocycles. The molecule has 0 aliphatic rings. The summed E-state index contributed by atoms with van der Waals surface area (Å²) in [5.41, 5.74) is 5.00. The summed E-state index contributed by atoms with van der Waals surface area (Å²) < 4.78 is 19.8. The van der Waals surface area contributed by atoms with Crippen LogP contribution in [0.15, 0.2) is 77.7 Å². The lowest BCUT2D eigenvalue weighted by Crippen LogP contribution is -2.24. The van der Waals surface area contributed by atoms with E-state index in [1.807, 2.05) is 30.3 Å². The van der Waals surface area contributed by atoms with Gasteiger partial charge in [0.1, 0.15) is 17.2 Å². The summed E-state index contributed by atoms with van der Waals surface area (Å²) in [5.74, 6) is -0.223. The summed E-state index contributed by atoms with van der Waals surface area (Å²) in [7, 11) is 1.57. The van der Waals surface area contributed by atoms with E-state index in [0.29, 0.717) is 46.4 Å². The first-order chi connectivity index (χ1) is 17.9. The van der Waals surface area contributed by atoms with Crippen LogP contribution in [0.4, 0.5) is 4.39 Å². The van der Waals surface area contributed by atoms with Gasteiger partial charge >= 0.3 is 0 Å². The van der Waals surface area contributed by atoms with Crippen LogP contribution >= 0.6 is 0 Å². The maximum Gasteiger partial charge on any atom is 0.255 e. The number of carbonyl (C=O) groups excluding carboxylic acids is 2. The fourth-order valence-corrected chi connectivity index (χ4v) is 4.41. The third-order valence-corrected chi connectivity index (χ3v) is 6.63. The van der Waals surface area contributed by atoms with Gasteiger partial charge < -0.3 is 15.1 Å². The van der Waals surface area contributed by atoms with Crippen molar-refractivity contribution in [2.24, 2.45) is 0 Å². The zero-order valence-electron chi connectivity index (χ0n) is 21.4. The Bertz CT molecular complexity index is 1450. The molecule has 5 nitrogen and oxygen atoms in total. The van der Waals surface area contributed by atoms with Crippen molar-refractivity contribution in [3.63, 3.8) is 0 Å². The van der Waals surface area contributed by atoms with E-state index >= 15 is 0 Å². The number of hydrogen-bond donors (Lipinski definition) is 2. The number of carbonyl (C=O) groups is 2. The molecule has 2 amide bonds. The Morgan fingerprint density at radius 3 is 2.49 bits per heavy atom. The summed E-state index contributed by atoms with van der Waals surface area (Å²) in [5, 5.41) is 6.27. The highest BCUT2D eigenvalue weighted by Crippen LogP contribution is 2.40. The zero-order chi connectivity index (χ0) is 26.5. The van der Waals surface area contributed by atoms with Gasteiger partial charge in [-0.25, -0.2) is 4.39 Å². The first kappa shape index (κ1) is 25.9.